The molecule has 6 nitrogen and oxygen atoms in total. The van der Waals surface area contributed by atoms with E-state index in [1.807, 2.05) is 91.0 Å². The Morgan fingerprint density at radius 1 is 0.426 bits per heavy atom. The summed E-state index contributed by atoms with van der Waals surface area (Å²) < 4.78 is 30.0. The van der Waals surface area contributed by atoms with Crippen LogP contribution in [-0.2, 0) is 18.0 Å². The van der Waals surface area contributed by atoms with Crippen molar-refractivity contribution in [2.75, 3.05) is 19.8 Å². The highest BCUT2D eigenvalue weighted by molar-refractivity contribution is 5.90. The Labute approximate surface area is 325 Å². The number of carbonyl (C=O) groups is 1. The Kier molecular flexibility index (Phi) is 21.3. The van der Waals surface area contributed by atoms with Crippen molar-refractivity contribution in [3.05, 3.63) is 120 Å². The number of benzene rings is 4. The van der Waals surface area contributed by atoms with Gasteiger partial charge in [0.2, 0.25) is 0 Å². The first-order chi connectivity index (χ1) is 26.7. The highest BCUT2D eigenvalue weighted by Gasteiger charge is 2.13. The summed E-state index contributed by atoms with van der Waals surface area (Å²) in [5.41, 5.74) is 2.44. The number of unbranched alkanes of at least 4 members (excludes halogenated alkanes) is 15. The van der Waals surface area contributed by atoms with Crippen LogP contribution in [0.15, 0.2) is 103 Å². The molecule has 292 valence electrons. The summed E-state index contributed by atoms with van der Waals surface area (Å²) in [6, 6.07) is 32.8. The Morgan fingerprint density at radius 3 is 1.39 bits per heavy atom. The Morgan fingerprint density at radius 2 is 0.852 bits per heavy atom. The normalized spacial score (nSPS) is 10.9. The van der Waals surface area contributed by atoms with Crippen molar-refractivity contribution in [3.8, 4) is 23.0 Å². The summed E-state index contributed by atoms with van der Waals surface area (Å²) in [6.45, 7) is 4.41. The van der Waals surface area contributed by atoms with Crippen LogP contribution in [0.1, 0.15) is 138 Å². The van der Waals surface area contributed by atoms with Crippen molar-refractivity contribution in [3.63, 3.8) is 0 Å². The second-order valence-corrected chi connectivity index (χ2v) is 14.2. The van der Waals surface area contributed by atoms with Gasteiger partial charge in [-0.05, 0) is 41.8 Å². The van der Waals surface area contributed by atoms with Crippen LogP contribution in [0.4, 0.5) is 0 Å². The lowest BCUT2D eigenvalue weighted by Gasteiger charge is -2.14. The maximum Gasteiger partial charge on any atom is 0.338 e. The minimum absolute atomic E-state index is 0.202. The fourth-order valence-corrected chi connectivity index (χ4v) is 6.36. The maximum absolute atomic E-state index is 13.1. The minimum Gasteiger partial charge on any atom is -0.493 e. The molecule has 4 rings (SSSR count). The zero-order valence-corrected chi connectivity index (χ0v) is 32.8. The Hall–Kier alpha value is -4.45. The zero-order valence-electron chi connectivity index (χ0n) is 32.8. The van der Waals surface area contributed by atoms with Crippen LogP contribution >= 0.6 is 0 Å². The van der Waals surface area contributed by atoms with E-state index >= 15 is 0 Å². The van der Waals surface area contributed by atoms with Gasteiger partial charge < -0.3 is 23.7 Å². The van der Waals surface area contributed by atoms with Crippen LogP contribution in [0, 0.1) is 0 Å². The molecule has 0 aliphatic rings. The lowest BCUT2D eigenvalue weighted by molar-refractivity contribution is 0.0471. The summed E-state index contributed by atoms with van der Waals surface area (Å²) in [4.78, 5) is 13.1. The first-order valence-corrected chi connectivity index (χ1v) is 20.7. The van der Waals surface area contributed by atoms with Gasteiger partial charge in [-0.15, -0.1) is 0 Å². The van der Waals surface area contributed by atoms with E-state index in [4.69, 9.17) is 23.7 Å². The first-order valence-electron chi connectivity index (χ1n) is 20.7. The van der Waals surface area contributed by atoms with Gasteiger partial charge in [0.1, 0.15) is 24.7 Å². The molecule has 4 aromatic carbocycles. The number of ether oxygens (including phenoxy) is 5. The summed E-state index contributed by atoms with van der Waals surface area (Å²) in [5, 5.41) is 0. The van der Waals surface area contributed by atoms with Gasteiger partial charge >= 0.3 is 5.97 Å². The van der Waals surface area contributed by atoms with Gasteiger partial charge in [-0.3, -0.25) is 0 Å². The fraction of sp³-hybridized carbons (Fsp3) is 0.479. The number of para-hydroxylation sites is 2. The average molecular weight is 737 g/mol. The second-order valence-electron chi connectivity index (χ2n) is 14.2. The molecule has 0 atom stereocenters. The van der Waals surface area contributed by atoms with Crippen LogP contribution in [0.5, 0.6) is 23.0 Å². The monoisotopic (exact) mass is 736 g/mol. The molecule has 0 fully saturated rings. The molecule has 0 radical (unpaired) electrons. The molecule has 0 heterocycles. The van der Waals surface area contributed by atoms with E-state index < -0.39 is 5.97 Å². The summed E-state index contributed by atoms with van der Waals surface area (Å²) in [5.74, 6) is 2.17. The third kappa shape index (κ3) is 18.1. The van der Waals surface area contributed by atoms with Crippen LogP contribution in [0.3, 0.4) is 0 Å². The van der Waals surface area contributed by atoms with Gasteiger partial charge in [-0.1, -0.05) is 176 Å². The quantitative estimate of drug-likeness (QED) is 0.0392. The van der Waals surface area contributed by atoms with Gasteiger partial charge in [-0.25, -0.2) is 4.79 Å². The minimum atomic E-state index is -0.410. The highest BCUT2D eigenvalue weighted by atomic mass is 16.5. The molecule has 0 aromatic heterocycles. The molecule has 0 aliphatic carbocycles. The summed E-state index contributed by atoms with van der Waals surface area (Å²) in [7, 11) is 0. The predicted molar refractivity (Wildman–Crippen MR) is 220 cm³/mol. The summed E-state index contributed by atoms with van der Waals surface area (Å²) in [6.07, 6.45) is 21.9. The SMILES string of the molecule is CCCCCCCCCCCCCCCCCCOc1cc(OCCCOc2ccccc2OCc2ccccc2)cc(C(=O)OCc2ccccc2)c1. The molecule has 0 unspecified atom stereocenters. The van der Waals surface area contributed by atoms with E-state index in [0.717, 1.165) is 24.0 Å². The molecular weight excluding hydrogens is 673 g/mol. The predicted octanol–water partition coefficient (Wildman–Crippen LogP) is 13.1. The first kappa shape index (κ1) is 42.3. The van der Waals surface area contributed by atoms with E-state index in [1.54, 1.807) is 12.1 Å². The molecular formula is C48H64O6. The van der Waals surface area contributed by atoms with Crippen LogP contribution in [-0.4, -0.2) is 25.8 Å². The van der Waals surface area contributed by atoms with Crippen molar-refractivity contribution in [2.45, 2.75) is 129 Å². The van der Waals surface area contributed by atoms with Crippen LogP contribution in [0.25, 0.3) is 0 Å². The van der Waals surface area contributed by atoms with E-state index in [0.29, 0.717) is 61.4 Å². The van der Waals surface area contributed by atoms with Crippen LogP contribution in [0.2, 0.25) is 0 Å². The van der Waals surface area contributed by atoms with Crippen molar-refractivity contribution in [2.24, 2.45) is 0 Å². The molecule has 0 amide bonds. The second kappa shape index (κ2) is 27.2. The summed E-state index contributed by atoms with van der Waals surface area (Å²) >= 11 is 0. The van der Waals surface area contributed by atoms with Gasteiger partial charge in [0.05, 0.1) is 25.4 Å². The lowest BCUT2D eigenvalue weighted by Crippen LogP contribution is -2.09. The Bertz CT molecular complexity index is 1540. The molecule has 0 saturated carbocycles. The smallest absolute Gasteiger partial charge is 0.338 e. The Balaban J connectivity index is 1.15. The van der Waals surface area contributed by atoms with Crippen molar-refractivity contribution in [1.82, 2.24) is 0 Å². The molecule has 0 N–H and O–H groups in total. The van der Waals surface area contributed by atoms with Gasteiger partial charge in [0.25, 0.3) is 0 Å². The van der Waals surface area contributed by atoms with E-state index in [-0.39, 0.29) is 6.61 Å². The molecule has 4 aromatic rings. The lowest BCUT2D eigenvalue weighted by atomic mass is 10.0. The standard InChI is InChI=1S/C48H64O6/c1-2-3-4-5-6-7-8-9-10-11-12-13-14-15-16-25-33-50-44-36-43(48(49)54-40-42-29-21-18-22-30-42)37-45(38-44)51-34-26-35-52-46-31-23-24-32-47(46)53-39-41-27-19-17-20-28-41/h17-24,27-32,36-38H,2-16,25-26,33-35,39-40H2,1H3. The topological polar surface area (TPSA) is 63.2 Å². The molecule has 0 aliphatic heterocycles. The largest absolute Gasteiger partial charge is 0.493 e. The number of rotatable bonds is 30. The van der Waals surface area contributed by atoms with Crippen molar-refractivity contribution >= 4 is 5.97 Å². The van der Waals surface area contributed by atoms with E-state index in [9.17, 15) is 4.79 Å². The highest BCUT2D eigenvalue weighted by Crippen LogP contribution is 2.28. The number of hydrogen-bond donors (Lipinski definition) is 0. The molecule has 54 heavy (non-hydrogen) atoms. The average Bonchev–Trinajstić information content (AvgIpc) is 3.21. The third-order valence-corrected chi connectivity index (χ3v) is 9.50. The number of carbonyl (C=O) groups excluding carboxylic acids is 1. The van der Waals surface area contributed by atoms with Gasteiger partial charge in [0, 0.05) is 12.5 Å². The fourth-order valence-electron chi connectivity index (χ4n) is 6.36. The molecule has 0 bridgehead atoms. The van der Waals surface area contributed by atoms with Crippen molar-refractivity contribution < 1.29 is 28.5 Å². The molecule has 6 heteroatoms. The van der Waals surface area contributed by atoms with Gasteiger partial charge in [0.15, 0.2) is 11.5 Å². The number of esters is 1. The van der Waals surface area contributed by atoms with E-state index in [1.165, 1.54) is 89.9 Å². The van der Waals surface area contributed by atoms with Crippen molar-refractivity contribution in [1.29, 1.82) is 0 Å². The zero-order chi connectivity index (χ0) is 37.7. The third-order valence-electron chi connectivity index (χ3n) is 9.50. The van der Waals surface area contributed by atoms with E-state index in [2.05, 4.69) is 6.92 Å². The molecule has 0 spiro atoms. The van der Waals surface area contributed by atoms with Crippen LogP contribution < -0.4 is 18.9 Å². The number of hydrogen-bond acceptors (Lipinski definition) is 6. The van der Waals surface area contributed by atoms with Gasteiger partial charge in [-0.2, -0.15) is 0 Å². The molecule has 0 saturated heterocycles. The maximum atomic E-state index is 13.1.